The van der Waals surface area contributed by atoms with Gasteiger partial charge in [0.25, 0.3) is 0 Å². The predicted octanol–water partition coefficient (Wildman–Crippen LogP) is 0.593. The molecule has 1 aromatic rings. The molecule has 0 saturated carbocycles. The molecule has 0 spiro atoms. The van der Waals surface area contributed by atoms with Crippen molar-refractivity contribution in [3.8, 4) is 17.2 Å². The van der Waals surface area contributed by atoms with Gasteiger partial charge in [-0.2, -0.15) is 9.98 Å². The lowest BCUT2D eigenvalue weighted by molar-refractivity contribution is -0.141. The summed E-state index contributed by atoms with van der Waals surface area (Å²) in [4.78, 5) is 41.3. The van der Waals surface area contributed by atoms with Crippen molar-refractivity contribution in [1.82, 2.24) is 15.1 Å². The lowest BCUT2D eigenvalue weighted by atomic mass is 9.78. The first kappa shape index (κ1) is 29.6. The van der Waals surface area contributed by atoms with Crippen LogP contribution in [0.5, 0.6) is 17.2 Å². The Labute approximate surface area is 263 Å². The van der Waals surface area contributed by atoms with Gasteiger partial charge in [-0.25, -0.2) is 4.79 Å². The second kappa shape index (κ2) is 11.0. The number of aliphatic hydroxyl groups is 2. The minimum atomic E-state index is -1.17. The van der Waals surface area contributed by atoms with Gasteiger partial charge < -0.3 is 45.1 Å². The van der Waals surface area contributed by atoms with Crippen LogP contribution in [0.15, 0.2) is 57.4 Å². The van der Waals surface area contributed by atoms with E-state index in [2.05, 4.69) is 20.3 Å². The highest BCUT2D eigenvalue weighted by Gasteiger charge is 2.50. The summed E-state index contributed by atoms with van der Waals surface area (Å²) in [6.45, 7) is 3.55. The maximum absolute atomic E-state index is 13.0. The van der Waals surface area contributed by atoms with E-state index in [-0.39, 0.29) is 42.4 Å². The molecule has 1 unspecified atom stereocenters. The molecule has 5 heterocycles. The quantitative estimate of drug-likeness (QED) is 0.242. The van der Waals surface area contributed by atoms with Crippen molar-refractivity contribution in [2.24, 2.45) is 20.7 Å². The van der Waals surface area contributed by atoms with E-state index in [9.17, 15) is 19.8 Å². The summed E-state index contributed by atoms with van der Waals surface area (Å²) in [7, 11) is 1.53. The van der Waals surface area contributed by atoms with Crippen LogP contribution in [0.1, 0.15) is 42.9 Å². The Morgan fingerprint density at radius 1 is 1.33 bits per heavy atom. The average Bonchev–Trinajstić information content (AvgIpc) is 3.76. The number of benzene rings is 1. The van der Waals surface area contributed by atoms with E-state index >= 15 is 0 Å². The highest BCUT2D eigenvalue weighted by molar-refractivity contribution is 6.69. The third-order valence-corrected chi connectivity index (χ3v) is 8.66. The molecule has 1 aromatic carbocycles. The third kappa shape index (κ3) is 4.53. The number of aliphatic hydroxyl groups excluding tert-OH is 1. The van der Waals surface area contributed by atoms with Crippen molar-refractivity contribution >= 4 is 35.0 Å². The highest BCUT2D eigenvalue weighted by Crippen LogP contribution is 2.58. The van der Waals surface area contributed by atoms with Crippen molar-refractivity contribution in [2.75, 3.05) is 26.9 Å². The summed E-state index contributed by atoms with van der Waals surface area (Å²) >= 11 is 0. The molecule has 46 heavy (non-hydrogen) atoms. The zero-order chi connectivity index (χ0) is 32.3. The first-order chi connectivity index (χ1) is 22.2. The van der Waals surface area contributed by atoms with Gasteiger partial charge in [-0.05, 0) is 31.9 Å². The molecule has 0 saturated heterocycles. The largest absolute Gasteiger partial charge is 0.496 e. The summed E-state index contributed by atoms with van der Waals surface area (Å²) in [5.41, 5.74) is 6.85. The van der Waals surface area contributed by atoms with E-state index in [1.165, 1.54) is 7.11 Å². The maximum atomic E-state index is 13.0. The van der Waals surface area contributed by atoms with Gasteiger partial charge in [0.05, 0.1) is 31.5 Å². The predicted molar refractivity (Wildman–Crippen MR) is 165 cm³/mol. The second-order valence-corrected chi connectivity index (χ2v) is 11.5. The van der Waals surface area contributed by atoms with Crippen LogP contribution < -0.4 is 25.3 Å². The van der Waals surface area contributed by atoms with Crippen LogP contribution in [0, 0.1) is 0 Å². The molecule has 0 fully saturated rings. The van der Waals surface area contributed by atoms with E-state index in [0.717, 1.165) is 0 Å². The summed E-state index contributed by atoms with van der Waals surface area (Å²) < 4.78 is 23.8. The number of amidine groups is 1. The first-order valence-electron chi connectivity index (χ1n) is 14.8. The molecular formula is C31H33N7O8. The van der Waals surface area contributed by atoms with Gasteiger partial charge in [0.2, 0.25) is 11.7 Å². The lowest BCUT2D eigenvalue weighted by Gasteiger charge is -2.34. The molecule has 5 N–H and O–H groups in total. The minimum absolute atomic E-state index is 0.0753. The smallest absolute Gasteiger partial charge is 0.374 e. The number of guanidine groups is 1. The molecule has 15 nitrogen and oxygen atoms in total. The Kier molecular flexibility index (Phi) is 7.09. The molecule has 0 aromatic heterocycles. The standard InChI is InChI=1S/C31H33N7O8/c1-4-44-28(41)18-12-15(7-10-37-11-9-33-30(37)38-14-34-21-26(38)35-29(32)36-27(21)40)19-22(45-18)17(13-39)23-20(24(19)43-3)16-6-5-8-31(2,42)25(16)46-23/h5-7,9,11-12,16,25,30,33,39,42H,4,8,10,13-14H2,1-3H3,(H2,32,36,40)/b15-7+/t16-,25-,30?,31+/m0/s1. The Balaban J connectivity index is 1.30. The zero-order valence-corrected chi connectivity index (χ0v) is 25.4. The fourth-order valence-corrected chi connectivity index (χ4v) is 6.59. The Bertz CT molecular complexity index is 1750. The molecular weight excluding hydrogens is 598 g/mol. The summed E-state index contributed by atoms with van der Waals surface area (Å²) in [6, 6.07) is 0. The number of rotatable bonds is 7. The van der Waals surface area contributed by atoms with E-state index in [0.29, 0.717) is 52.6 Å². The van der Waals surface area contributed by atoms with Crippen molar-refractivity contribution < 1.29 is 38.7 Å². The minimum Gasteiger partial charge on any atom is -0.496 e. The Morgan fingerprint density at radius 3 is 2.91 bits per heavy atom. The van der Waals surface area contributed by atoms with Crippen LogP contribution in [0.2, 0.25) is 0 Å². The van der Waals surface area contributed by atoms with Crippen LogP contribution in [-0.4, -0.2) is 94.3 Å². The molecule has 0 bridgehead atoms. The monoisotopic (exact) mass is 631 g/mol. The number of esters is 1. The molecule has 15 heteroatoms. The number of allylic oxidation sites excluding steroid dienone is 2. The van der Waals surface area contributed by atoms with Gasteiger partial charge in [-0.15, -0.1) is 0 Å². The number of nitrogens with one attached hydrogen (secondary N) is 1. The fraction of sp³-hybridized carbons (Fsp3) is 0.387. The summed E-state index contributed by atoms with van der Waals surface area (Å²) in [6.07, 6.45) is 10.3. The van der Waals surface area contributed by atoms with E-state index in [4.69, 9.17) is 24.7 Å². The van der Waals surface area contributed by atoms with Gasteiger partial charge in [-0.3, -0.25) is 14.7 Å². The molecule has 4 atom stereocenters. The molecule has 240 valence electrons. The SMILES string of the molecule is CCOC(=O)C1=C/C(=C\CN2C=CNC2N2CN=C3C(=O)N=C(N)N=C32)c2c(c(CO)c3c(c2OC)[C@@H]2C=CC[C@@](C)(O)[C@H]2O3)O1. The van der Waals surface area contributed by atoms with Crippen molar-refractivity contribution in [2.45, 2.75) is 50.8 Å². The number of nitrogens with two attached hydrogens (primary N) is 1. The molecule has 0 radical (unpaired) electrons. The number of ether oxygens (including phenoxy) is 4. The molecule has 1 aliphatic carbocycles. The zero-order valence-electron chi connectivity index (χ0n) is 25.4. The van der Waals surface area contributed by atoms with Gasteiger partial charge in [0.15, 0.2) is 17.8 Å². The second-order valence-electron chi connectivity index (χ2n) is 11.5. The first-order valence-corrected chi connectivity index (χ1v) is 14.8. The number of carbonyl (C=O) groups is 2. The third-order valence-electron chi connectivity index (χ3n) is 8.66. The molecule has 1 amide bonds. The van der Waals surface area contributed by atoms with Crippen molar-refractivity contribution in [3.63, 3.8) is 0 Å². The highest BCUT2D eigenvalue weighted by atomic mass is 16.6. The van der Waals surface area contributed by atoms with E-state index in [1.54, 1.807) is 31.0 Å². The molecule has 5 aliphatic heterocycles. The van der Waals surface area contributed by atoms with Crippen LogP contribution in [0.3, 0.4) is 0 Å². The van der Waals surface area contributed by atoms with Crippen LogP contribution >= 0.6 is 0 Å². The van der Waals surface area contributed by atoms with E-state index in [1.807, 2.05) is 29.3 Å². The molecule has 6 aliphatic rings. The normalized spacial score (nSPS) is 27.8. The fourth-order valence-electron chi connectivity index (χ4n) is 6.59. The van der Waals surface area contributed by atoms with Crippen LogP contribution in [-0.2, 0) is 20.9 Å². The number of carbonyl (C=O) groups excluding carboxylic acids is 2. The summed E-state index contributed by atoms with van der Waals surface area (Å²) in [5.74, 6) is -0.461. The van der Waals surface area contributed by atoms with Crippen molar-refractivity contribution in [1.29, 1.82) is 0 Å². The number of nitrogens with zero attached hydrogens (tertiary/aromatic N) is 5. The van der Waals surface area contributed by atoms with Gasteiger partial charge in [0, 0.05) is 30.4 Å². The van der Waals surface area contributed by atoms with E-state index < -0.39 is 36.5 Å². The van der Waals surface area contributed by atoms with Crippen LogP contribution in [0.25, 0.3) is 5.57 Å². The van der Waals surface area contributed by atoms with Crippen molar-refractivity contribution in [3.05, 3.63) is 59.2 Å². The number of hydrogen-bond donors (Lipinski definition) is 4. The number of fused-ring (bicyclic) bond motifs is 5. The number of hydrogen-bond acceptors (Lipinski definition) is 14. The number of aliphatic imine (C=N–C) groups is 3. The Morgan fingerprint density at radius 2 is 2.15 bits per heavy atom. The Hall–Kier alpha value is -5.15. The maximum Gasteiger partial charge on any atom is 0.374 e. The number of methoxy groups -OCH3 is 1. The average molecular weight is 632 g/mol. The van der Waals surface area contributed by atoms with Gasteiger partial charge in [-0.1, -0.05) is 18.2 Å². The summed E-state index contributed by atoms with van der Waals surface area (Å²) in [5, 5.41) is 25.1. The van der Waals surface area contributed by atoms with Gasteiger partial charge >= 0.3 is 11.9 Å². The van der Waals surface area contributed by atoms with Gasteiger partial charge in [0.1, 0.15) is 35.6 Å². The number of amides is 1. The topological polar surface area (TPSA) is 193 Å². The lowest BCUT2D eigenvalue weighted by Crippen LogP contribution is -2.53. The molecule has 7 rings (SSSR count). The van der Waals surface area contributed by atoms with Crippen LogP contribution in [0.4, 0.5) is 0 Å².